The normalized spacial score (nSPS) is 16.7. The highest BCUT2D eigenvalue weighted by molar-refractivity contribution is 5.79. The van der Waals surface area contributed by atoms with Crippen LogP contribution in [0.2, 0.25) is 0 Å². The molecule has 1 heterocycles. The first kappa shape index (κ1) is 19.6. The maximum atomic E-state index is 5.47. The number of likely N-dealkylation sites (tertiary alicyclic amines) is 1. The third-order valence-corrected chi connectivity index (χ3v) is 4.88. The molecule has 0 atom stereocenters. The molecule has 0 spiro atoms. The summed E-state index contributed by atoms with van der Waals surface area (Å²) in [6.45, 7) is 9.09. The number of rotatable bonds is 7. The molecule has 2 rings (SSSR count). The molecular weight excluding hydrogens is 312 g/mol. The Morgan fingerprint density at radius 3 is 2.72 bits per heavy atom. The number of nitrogens with zero attached hydrogens (tertiary/aromatic N) is 2. The molecule has 1 saturated heterocycles. The molecule has 0 amide bonds. The lowest BCUT2D eigenvalue weighted by molar-refractivity contribution is 0.213. The summed E-state index contributed by atoms with van der Waals surface area (Å²) in [5, 5.41) is 6.82. The molecule has 1 aromatic rings. The zero-order valence-corrected chi connectivity index (χ0v) is 16.3. The Balaban J connectivity index is 1.85. The third-order valence-electron chi connectivity index (χ3n) is 4.88. The van der Waals surface area contributed by atoms with Crippen LogP contribution in [-0.4, -0.2) is 51.2 Å². The summed E-state index contributed by atoms with van der Waals surface area (Å²) < 4.78 is 5.47. The van der Waals surface area contributed by atoms with Crippen LogP contribution in [-0.2, 0) is 6.54 Å². The molecule has 140 valence electrons. The zero-order chi connectivity index (χ0) is 18.1. The van der Waals surface area contributed by atoms with Gasteiger partial charge >= 0.3 is 0 Å². The van der Waals surface area contributed by atoms with E-state index < -0.39 is 0 Å². The van der Waals surface area contributed by atoms with Crippen LogP contribution >= 0.6 is 0 Å². The van der Waals surface area contributed by atoms with Crippen molar-refractivity contribution in [1.82, 2.24) is 15.5 Å². The predicted molar refractivity (Wildman–Crippen MR) is 105 cm³/mol. The van der Waals surface area contributed by atoms with Crippen molar-refractivity contribution in [3.63, 3.8) is 0 Å². The molecule has 25 heavy (non-hydrogen) atoms. The van der Waals surface area contributed by atoms with Gasteiger partial charge in [-0.3, -0.25) is 0 Å². The Morgan fingerprint density at radius 2 is 2.04 bits per heavy atom. The first-order chi connectivity index (χ1) is 12.1. The Morgan fingerprint density at radius 1 is 1.28 bits per heavy atom. The number of hydrogen-bond donors (Lipinski definition) is 2. The largest absolute Gasteiger partial charge is 0.496 e. The van der Waals surface area contributed by atoms with Gasteiger partial charge in [0.15, 0.2) is 5.96 Å². The van der Waals surface area contributed by atoms with Gasteiger partial charge in [-0.05, 0) is 70.8 Å². The molecule has 0 aliphatic carbocycles. The molecule has 1 fully saturated rings. The van der Waals surface area contributed by atoms with Gasteiger partial charge in [-0.1, -0.05) is 12.1 Å². The van der Waals surface area contributed by atoms with E-state index in [1.807, 2.05) is 0 Å². The van der Waals surface area contributed by atoms with E-state index in [4.69, 9.17) is 9.73 Å². The van der Waals surface area contributed by atoms with Crippen LogP contribution in [0.25, 0.3) is 0 Å². The zero-order valence-electron chi connectivity index (χ0n) is 16.3. The number of benzene rings is 1. The van der Waals surface area contributed by atoms with E-state index in [0.717, 1.165) is 36.3 Å². The van der Waals surface area contributed by atoms with Gasteiger partial charge in [-0.15, -0.1) is 0 Å². The number of ether oxygens (including phenoxy) is 1. The van der Waals surface area contributed by atoms with E-state index in [1.165, 1.54) is 37.9 Å². The van der Waals surface area contributed by atoms with Crippen LogP contribution in [0.15, 0.2) is 23.2 Å². The predicted octanol–water partition coefficient (Wildman–Crippen LogP) is 2.79. The number of hydrogen-bond acceptors (Lipinski definition) is 3. The second-order valence-corrected chi connectivity index (χ2v) is 6.97. The minimum absolute atomic E-state index is 0.618. The van der Waals surface area contributed by atoms with Crippen LogP contribution in [0.4, 0.5) is 0 Å². The number of aryl methyl sites for hydroxylation is 1. The van der Waals surface area contributed by atoms with Gasteiger partial charge in [-0.2, -0.15) is 0 Å². The van der Waals surface area contributed by atoms with Crippen LogP contribution < -0.4 is 15.4 Å². The fourth-order valence-electron chi connectivity index (χ4n) is 3.23. The minimum atomic E-state index is 0.618. The van der Waals surface area contributed by atoms with Crippen LogP contribution in [0.3, 0.4) is 0 Å². The molecule has 0 aromatic heterocycles. The molecule has 2 N–H and O–H groups in total. The summed E-state index contributed by atoms with van der Waals surface area (Å²) in [7, 11) is 3.93. The lowest BCUT2D eigenvalue weighted by Crippen LogP contribution is -2.39. The van der Waals surface area contributed by atoms with E-state index in [2.05, 4.69) is 54.6 Å². The van der Waals surface area contributed by atoms with Crippen molar-refractivity contribution in [2.24, 2.45) is 10.9 Å². The lowest BCUT2D eigenvalue weighted by Gasteiger charge is -2.29. The fraction of sp³-hybridized carbons (Fsp3) is 0.650. The summed E-state index contributed by atoms with van der Waals surface area (Å²) in [6, 6.07) is 6.26. The van der Waals surface area contributed by atoms with Crippen molar-refractivity contribution in [3.8, 4) is 5.75 Å². The number of nitrogens with one attached hydrogen (secondary N) is 2. The number of aliphatic imine (C=N–C) groups is 1. The van der Waals surface area contributed by atoms with E-state index >= 15 is 0 Å². The van der Waals surface area contributed by atoms with Crippen LogP contribution in [0, 0.1) is 12.8 Å². The highest BCUT2D eigenvalue weighted by Gasteiger charge is 2.16. The molecule has 5 nitrogen and oxygen atoms in total. The van der Waals surface area contributed by atoms with Crippen molar-refractivity contribution in [1.29, 1.82) is 0 Å². The Bertz CT molecular complexity index is 551. The van der Waals surface area contributed by atoms with Gasteiger partial charge in [0.05, 0.1) is 13.7 Å². The monoisotopic (exact) mass is 346 g/mol. The second kappa shape index (κ2) is 10.3. The Kier molecular flexibility index (Phi) is 8.06. The van der Waals surface area contributed by atoms with E-state index in [9.17, 15) is 0 Å². The minimum Gasteiger partial charge on any atom is -0.496 e. The van der Waals surface area contributed by atoms with Gasteiger partial charge in [0.25, 0.3) is 0 Å². The number of methoxy groups -OCH3 is 1. The smallest absolute Gasteiger partial charge is 0.191 e. The van der Waals surface area contributed by atoms with Crippen LogP contribution in [0.5, 0.6) is 5.75 Å². The van der Waals surface area contributed by atoms with Crippen molar-refractivity contribution in [3.05, 3.63) is 29.3 Å². The summed E-state index contributed by atoms with van der Waals surface area (Å²) in [6.07, 6.45) is 3.84. The Labute approximate surface area is 152 Å². The van der Waals surface area contributed by atoms with Gasteiger partial charge in [0.1, 0.15) is 5.75 Å². The first-order valence-electron chi connectivity index (χ1n) is 9.46. The third kappa shape index (κ3) is 6.58. The summed E-state index contributed by atoms with van der Waals surface area (Å²) in [4.78, 5) is 7.14. The molecule has 5 heteroatoms. The molecule has 1 aliphatic rings. The van der Waals surface area contributed by atoms with Crippen molar-refractivity contribution >= 4 is 5.96 Å². The average Bonchev–Trinajstić information content (AvgIpc) is 2.62. The summed E-state index contributed by atoms with van der Waals surface area (Å²) >= 11 is 0. The maximum absolute atomic E-state index is 5.47. The second-order valence-electron chi connectivity index (χ2n) is 6.97. The van der Waals surface area contributed by atoms with E-state index in [0.29, 0.717) is 6.54 Å². The molecule has 0 unspecified atom stereocenters. The topological polar surface area (TPSA) is 48.9 Å². The summed E-state index contributed by atoms with van der Waals surface area (Å²) in [5.74, 6) is 2.63. The van der Waals surface area contributed by atoms with Gasteiger partial charge in [-0.25, -0.2) is 4.99 Å². The molecule has 1 aliphatic heterocycles. The van der Waals surface area contributed by atoms with E-state index in [1.54, 1.807) is 7.11 Å². The van der Waals surface area contributed by atoms with E-state index in [-0.39, 0.29) is 0 Å². The average molecular weight is 347 g/mol. The van der Waals surface area contributed by atoms with Crippen LogP contribution in [0.1, 0.15) is 37.3 Å². The maximum Gasteiger partial charge on any atom is 0.191 e. The first-order valence-corrected chi connectivity index (χ1v) is 9.46. The highest BCUT2D eigenvalue weighted by Crippen LogP contribution is 2.21. The Hall–Kier alpha value is -1.75. The molecule has 0 saturated carbocycles. The van der Waals surface area contributed by atoms with Gasteiger partial charge < -0.3 is 20.3 Å². The quantitative estimate of drug-likeness (QED) is 0.589. The molecule has 0 bridgehead atoms. The summed E-state index contributed by atoms with van der Waals surface area (Å²) in [5.41, 5.74) is 2.31. The highest BCUT2D eigenvalue weighted by atomic mass is 16.5. The lowest BCUT2D eigenvalue weighted by atomic mass is 9.94. The van der Waals surface area contributed by atoms with Crippen molar-refractivity contribution in [2.45, 2.75) is 39.7 Å². The molecule has 0 radical (unpaired) electrons. The van der Waals surface area contributed by atoms with Crippen molar-refractivity contribution < 1.29 is 4.74 Å². The van der Waals surface area contributed by atoms with Crippen molar-refractivity contribution in [2.75, 3.05) is 40.3 Å². The standard InChI is InChI=1S/C20H34N4O/c1-5-21-20(22-11-8-17-9-12-24(3)13-10-17)23-15-18-7-6-16(2)14-19(18)25-4/h6-7,14,17H,5,8-13,15H2,1-4H3,(H2,21,22,23). The number of guanidine groups is 1. The fourth-order valence-corrected chi connectivity index (χ4v) is 3.23. The molecular formula is C20H34N4O. The van der Waals surface area contributed by atoms with Gasteiger partial charge in [0.2, 0.25) is 0 Å². The number of piperidine rings is 1. The molecule has 1 aromatic carbocycles. The SMILES string of the molecule is CCNC(=NCc1ccc(C)cc1OC)NCCC1CCN(C)CC1. The van der Waals surface area contributed by atoms with Gasteiger partial charge in [0, 0.05) is 18.7 Å².